The zero-order valence-electron chi connectivity index (χ0n) is 21.0. The molecule has 1 atom stereocenters. The fourth-order valence-corrected chi connectivity index (χ4v) is 4.93. The quantitative estimate of drug-likeness (QED) is 0.200. The first-order valence-corrected chi connectivity index (χ1v) is 12.9. The number of ketones is 2. The summed E-state index contributed by atoms with van der Waals surface area (Å²) < 4.78 is 0. The third kappa shape index (κ3) is 5.39. The SMILES string of the molecule is CC(=O)c1ccc(C(=O)Nc2ccc(C(=O)c3ccc4c(c3)NC(=O)C4C=Nc3ccc(C)c(O)c3)cc2)s1. The van der Waals surface area contributed by atoms with Crippen LogP contribution in [0, 0.1) is 6.92 Å². The first kappa shape index (κ1) is 25.7. The average molecular weight is 538 g/mol. The Morgan fingerprint density at radius 2 is 1.67 bits per heavy atom. The van der Waals surface area contributed by atoms with Gasteiger partial charge in [-0.25, -0.2) is 0 Å². The molecule has 0 radical (unpaired) electrons. The van der Waals surface area contributed by atoms with Gasteiger partial charge in [-0.15, -0.1) is 11.3 Å². The number of amides is 2. The van der Waals surface area contributed by atoms with E-state index in [1.165, 1.54) is 19.2 Å². The molecule has 194 valence electrons. The number of rotatable bonds is 7. The average Bonchev–Trinajstić information content (AvgIpc) is 3.54. The van der Waals surface area contributed by atoms with Crippen molar-refractivity contribution in [3.8, 4) is 5.75 Å². The van der Waals surface area contributed by atoms with Gasteiger partial charge in [-0.05, 0) is 73.5 Å². The smallest absolute Gasteiger partial charge is 0.265 e. The first-order chi connectivity index (χ1) is 18.7. The van der Waals surface area contributed by atoms with Crippen LogP contribution in [0.2, 0.25) is 0 Å². The van der Waals surface area contributed by atoms with Crippen LogP contribution in [-0.4, -0.2) is 34.7 Å². The van der Waals surface area contributed by atoms with E-state index in [1.807, 2.05) is 0 Å². The molecule has 2 amide bonds. The highest BCUT2D eigenvalue weighted by Crippen LogP contribution is 2.34. The predicted molar refractivity (Wildman–Crippen MR) is 151 cm³/mol. The fourth-order valence-electron chi connectivity index (χ4n) is 4.13. The van der Waals surface area contributed by atoms with E-state index in [2.05, 4.69) is 15.6 Å². The molecule has 9 heteroatoms. The number of thiophene rings is 1. The molecule has 2 heterocycles. The van der Waals surface area contributed by atoms with Crippen LogP contribution in [0.4, 0.5) is 17.1 Å². The second-order valence-corrected chi connectivity index (χ2v) is 10.2. The monoisotopic (exact) mass is 537 g/mol. The zero-order valence-corrected chi connectivity index (χ0v) is 21.8. The summed E-state index contributed by atoms with van der Waals surface area (Å²) in [5.41, 5.74) is 3.85. The third-order valence-corrected chi connectivity index (χ3v) is 7.52. The molecule has 1 aromatic heterocycles. The number of benzene rings is 3. The molecular weight excluding hydrogens is 514 g/mol. The Morgan fingerprint density at radius 3 is 2.36 bits per heavy atom. The van der Waals surface area contributed by atoms with Crippen LogP contribution >= 0.6 is 11.3 Å². The van der Waals surface area contributed by atoms with E-state index in [0.717, 1.165) is 16.9 Å². The van der Waals surface area contributed by atoms with Gasteiger partial charge in [0.2, 0.25) is 5.91 Å². The number of hydrogen-bond donors (Lipinski definition) is 3. The second kappa shape index (κ2) is 10.5. The molecule has 3 N–H and O–H groups in total. The number of nitrogens with zero attached hydrogens (tertiary/aromatic N) is 1. The predicted octanol–water partition coefficient (Wildman–Crippen LogP) is 5.89. The summed E-state index contributed by atoms with van der Waals surface area (Å²) in [5, 5.41) is 15.5. The van der Waals surface area contributed by atoms with E-state index in [4.69, 9.17) is 0 Å². The standard InChI is InChI=1S/C30H23N3O5S/c1-16-3-7-21(14-25(16)35)31-15-23-22-10-6-19(13-24(22)33-29(23)37)28(36)18-4-8-20(9-5-18)32-30(38)27-12-11-26(39-27)17(2)34/h3-15,23,35H,1-2H3,(H,32,38)(H,33,37). The maximum Gasteiger partial charge on any atom is 0.265 e. The lowest BCUT2D eigenvalue weighted by molar-refractivity contribution is -0.115. The molecule has 0 spiro atoms. The Hall–Kier alpha value is -4.89. The summed E-state index contributed by atoms with van der Waals surface area (Å²) in [7, 11) is 0. The number of fused-ring (bicyclic) bond motifs is 1. The first-order valence-electron chi connectivity index (χ1n) is 12.0. The van der Waals surface area contributed by atoms with Gasteiger partial charge in [-0.2, -0.15) is 0 Å². The van der Waals surface area contributed by atoms with Crippen molar-refractivity contribution in [2.75, 3.05) is 10.6 Å². The molecule has 1 aliphatic rings. The number of anilines is 2. The number of phenolic OH excluding ortho intramolecular Hbond substituents is 1. The number of Topliss-reactive ketones (excluding diaryl/α,β-unsaturated/α-hetero) is 1. The van der Waals surface area contributed by atoms with Gasteiger partial charge < -0.3 is 15.7 Å². The molecule has 8 nitrogen and oxygen atoms in total. The molecule has 0 fully saturated rings. The van der Waals surface area contributed by atoms with Crippen LogP contribution in [-0.2, 0) is 4.79 Å². The molecule has 5 rings (SSSR count). The van der Waals surface area contributed by atoms with Gasteiger partial charge in [0.05, 0.1) is 15.4 Å². The van der Waals surface area contributed by atoms with Crippen molar-refractivity contribution in [2.24, 2.45) is 4.99 Å². The van der Waals surface area contributed by atoms with Gasteiger partial charge in [0.1, 0.15) is 11.7 Å². The number of carbonyl (C=O) groups excluding carboxylic acids is 4. The summed E-state index contributed by atoms with van der Waals surface area (Å²) in [6.07, 6.45) is 1.52. The number of hydrogen-bond acceptors (Lipinski definition) is 7. The van der Waals surface area contributed by atoms with Crippen molar-refractivity contribution in [3.63, 3.8) is 0 Å². The van der Waals surface area contributed by atoms with Crippen LogP contribution in [0.3, 0.4) is 0 Å². The van der Waals surface area contributed by atoms with Crippen LogP contribution in [0.1, 0.15) is 59.2 Å². The Morgan fingerprint density at radius 1 is 0.949 bits per heavy atom. The van der Waals surface area contributed by atoms with E-state index >= 15 is 0 Å². The Kier molecular flexibility index (Phi) is 6.91. The molecular formula is C30H23N3O5S. The Balaban J connectivity index is 1.28. The second-order valence-electron chi connectivity index (χ2n) is 9.10. The van der Waals surface area contributed by atoms with Gasteiger partial charge in [0, 0.05) is 34.8 Å². The minimum Gasteiger partial charge on any atom is -0.508 e. The fraction of sp³-hybridized carbons (Fsp3) is 0.100. The van der Waals surface area contributed by atoms with Crippen LogP contribution in [0.5, 0.6) is 5.75 Å². The van der Waals surface area contributed by atoms with Crippen molar-refractivity contribution in [2.45, 2.75) is 19.8 Å². The van der Waals surface area contributed by atoms with Gasteiger partial charge in [-0.3, -0.25) is 24.2 Å². The normalized spacial score (nSPS) is 14.2. The van der Waals surface area contributed by atoms with Crippen molar-refractivity contribution in [3.05, 3.63) is 105 Å². The highest BCUT2D eigenvalue weighted by atomic mass is 32.1. The zero-order chi connectivity index (χ0) is 27.7. The van der Waals surface area contributed by atoms with E-state index < -0.39 is 5.92 Å². The molecule has 0 bridgehead atoms. The topological polar surface area (TPSA) is 125 Å². The van der Waals surface area contributed by atoms with Crippen LogP contribution < -0.4 is 10.6 Å². The maximum absolute atomic E-state index is 13.1. The van der Waals surface area contributed by atoms with Crippen LogP contribution in [0.25, 0.3) is 0 Å². The number of carbonyl (C=O) groups is 4. The van der Waals surface area contributed by atoms with Gasteiger partial charge in [0.15, 0.2) is 11.6 Å². The van der Waals surface area contributed by atoms with Crippen molar-refractivity contribution < 1.29 is 24.3 Å². The highest BCUT2D eigenvalue weighted by Gasteiger charge is 2.30. The minimum atomic E-state index is -0.620. The number of phenols is 1. The third-order valence-electron chi connectivity index (χ3n) is 6.34. The number of nitrogens with one attached hydrogen (secondary N) is 2. The number of aliphatic imine (C=N–C) groups is 1. The Labute approximate surface area is 228 Å². The molecule has 3 aromatic carbocycles. The van der Waals surface area contributed by atoms with E-state index in [1.54, 1.807) is 73.7 Å². The van der Waals surface area contributed by atoms with Crippen molar-refractivity contribution in [1.82, 2.24) is 0 Å². The molecule has 0 saturated carbocycles. The van der Waals surface area contributed by atoms with E-state index in [9.17, 15) is 24.3 Å². The highest BCUT2D eigenvalue weighted by molar-refractivity contribution is 7.16. The van der Waals surface area contributed by atoms with Gasteiger partial charge >= 0.3 is 0 Å². The summed E-state index contributed by atoms with van der Waals surface area (Å²) in [6.45, 7) is 3.23. The van der Waals surface area contributed by atoms with Gasteiger partial charge in [-0.1, -0.05) is 18.2 Å². The minimum absolute atomic E-state index is 0.0971. The van der Waals surface area contributed by atoms with E-state index in [-0.39, 0.29) is 29.1 Å². The lowest BCUT2D eigenvalue weighted by atomic mass is 9.97. The maximum atomic E-state index is 13.1. The largest absolute Gasteiger partial charge is 0.508 e. The molecule has 0 aliphatic carbocycles. The summed E-state index contributed by atoms with van der Waals surface area (Å²) >= 11 is 1.12. The molecule has 39 heavy (non-hydrogen) atoms. The lowest BCUT2D eigenvalue weighted by Crippen LogP contribution is -2.12. The molecule has 1 aliphatic heterocycles. The summed E-state index contributed by atoms with van der Waals surface area (Å²) in [6, 6.07) is 19.8. The number of aromatic hydroxyl groups is 1. The summed E-state index contributed by atoms with van der Waals surface area (Å²) in [4.78, 5) is 54.9. The molecule has 0 saturated heterocycles. The number of aryl methyl sites for hydroxylation is 1. The van der Waals surface area contributed by atoms with Gasteiger partial charge in [0.25, 0.3) is 5.91 Å². The molecule has 4 aromatic rings. The molecule has 1 unspecified atom stereocenters. The van der Waals surface area contributed by atoms with E-state index in [0.29, 0.717) is 43.5 Å². The lowest BCUT2D eigenvalue weighted by Gasteiger charge is -2.07. The van der Waals surface area contributed by atoms with Crippen molar-refractivity contribution in [1.29, 1.82) is 0 Å². The van der Waals surface area contributed by atoms with Crippen molar-refractivity contribution >= 4 is 58.0 Å². The Bertz CT molecular complexity index is 1670. The summed E-state index contributed by atoms with van der Waals surface area (Å²) in [5.74, 6) is -1.41. The van der Waals surface area contributed by atoms with Crippen LogP contribution in [0.15, 0.2) is 77.8 Å².